The van der Waals surface area contributed by atoms with Crippen LogP contribution in [0.5, 0.6) is 0 Å². The number of Topliss-reactive ketones (excluding diaryl/α,β-unsaturated/α-hetero) is 1. The number of nitrogens with zero attached hydrogens (tertiary/aromatic N) is 3. The summed E-state index contributed by atoms with van der Waals surface area (Å²) in [6.45, 7) is 1.06. The van der Waals surface area contributed by atoms with Crippen LogP contribution in [0.25, 0.3) is 5.76 Å². The molecular formula is C23H20BrN3O3. The Bertz CT molecular complexity index is 1080. The molecule has 0 bridgehead atoms. The number of aromatic nitrogens is 2. The summed E-state index contributed by atoms with van der Waals surface area (Å²) in [5.74, 6) is -1.41. The maximum Gasteiger partial charge on any atom is 0.295 e. The van der Waals surface area contributed by atoms with E-state index in [1.165, 1.54) is 0 Å². The first kappa shape index (κ1) is 20.1. The van der Waals surface area contributed by atoms with Crippen LogP contribution in [-0.2, 0) is 16.1 Å². The van der Waals surface area contributed by atoms with E-state index in [2.05, 4.69) is 20.9 Å². The number of carbonyl (C=O) groups is 2. The number of amides is 1. The van der Waals surface area contributed by atoms with Gasteiger partial charge in [0, 0.05) is 35.5 Å². The van der Waals surface area contributed by atoms with Crippen LogP contribution in [0.3, 0.4) is 0 Å². The molecule has 0 saturated carbocycles. The number of likely N-dealkylation sites (tertiary alicyclic amines) is 1. The molecule has 1 atom stereocenters. The van der Waals surface area contributed by atoms with E-state index in [-0.39, 0.29) is 11.3 Å². The van der Waals surface area contributed by atoms with Gasteiger partial charge in [0.15, 0.2) is 0 Å². The van der Waals surface area contributed by atoms with Crippen LogP contribution in [0.2, 0.25) is 0 Å². The zero-order valence-electron chi connectivity index (χ0n) is 16.1. The molecule has 1 saturated heterocycles. The molecule has 4 rings (SSSR count). The van der Waals surface area contributed by atoms with Crippen LogP contribution in [-0.4, -0.2) is 37.8 Å². The van der Waals surface area contributed by atoms with Crippen LogP contribution in [0, 0.1) is 0 Å². The van der Waals surface area contributed by atoms with Crippen molar-refractivity contribution in [1.29, 1.82) is 0 Å². The fraction of sp³-hybridized carbons (Fsp3) is 0.174. The number of aryl methyl sites for hydroxylation is 1. The number of hydrogen-bond acceptors (Lipinski definition) is 4. The number of rotatable bonds is 6. The summed E-state index contributed by atoms with van der Waals surface area (Å²) in [7, 11) is 0. The first-order valence-corrected chi connectivity index (χ1v) is 10.4. The number of aliphatic hydroxyl groups is 1. The van der Waals surface area contributed by atoms with Crippen molar-refractivity contribution in [3.63, 3.8) is 0 Å². The highest BCUT2D eigenvalue weighted by Gasteiger charge is 2.45. The second-order valence-electron chi connectivity index (χ2n) is 7.06. The van der Waals surface area contributed by atoms with E-state index in [1.807, 2.05) is 41.1 Å². The number of benzene rings is 2. The predicted molar refractivity (Wildman–Crippen MR) is 116 cm³/mol. The van der Waals surface area contributed by atoms with Crippen LogP contribution in [0.1, 0.15) is 23.6 Å². The molecule has 1 N–H and O–H groups in total. The fourth-order valence-electron chi connectivity index (χ4n) is 3.70. The number of aliphatic hydroxyl groups excluding tert-OH is 1. The van der Waals surface area contributed by atoms with Gasteiger partial charge in [0.2, 0.25) is 0 Å². The number of ketones is 1. The summed E-state index contributed by atoms with van der Waals surface area (Å²) in [5.41, 5.74) is 1.41. The van der Waals surface area contributed by atoms with E-state index in [0.29, 0.717) is 25.1 Å². The second-order valence-corrected chi connectivity index (χ2v) is 7.98. The average Bonchev–Trinajstić information content (AvgIpc) is 3.37. The molecule has 1 fully saturated rings. The standard InChI is InChI=1S/C23H20BrN3O3/c24-18-9-7-16(8-10-18)20-19(21(28)17-5-2-1-3-6-17)22(29)23(30)27(20)13-4-12-26-14-11-25-15-26/h1-3,5-11,14-15,20,28H,4,12-13H2/b21-19+/t20-/m1/s1. The predicted octanol–water partition coefficient (Wildman–Crippen LogP) is 4.16. The summed E-state index contributed by atoms with van der Waals surface area (Å²) in [4.78, 5) is 31.4. The quantitative estimate of drug-likeness (QED) is 0.337. The van der Waals surface area contributed by atoms with Crippen LogP contribution < -0.4 is 0 Å². The average molecular weight is 466 g/mol. The largest absolute Gasteiger partial charge is 0.507 e. The van der Waals surface area contributed by atoms with E-state index < -0.39 is 17.7 Å². The zero-order valence-corrected chi connectivity index (χ0v) is 17.7. The van der Waals surface area contributed by atoms with E-state index in [0.717, 1.165) is 10.0 Å². The second kappa shape index (κ2) is 8.67. The normalized spacial score (nSPS) is 18.2. The van der Waals surface area contributed by atoms with Crippen molar-refractivity contribution in [2.24, 2.45) is 0 Å². The van der Waals surface area contributed by atoms with Crippen molar-refractivity contribution >= 4 is 33.4 Å². The first-order chi connectivity index (χ1) is 14.6. The van der Waals surface area contributed by atoms with Gasteiger partial charge in [-0.1, -0.05) is 58.4 Å². The number of carbonyl (C=O) groups excluding carboxylic acids is 2. The highest BCUT2D eigenvalue weighted by atomic mass is 79.9. The summed E-state index contributed by atoms with van der Waals surface area (Å²) >= 11 is 3.42. The van der Waals surface area contributed by atoms with E-state index >= 15 is 0 Å². The van der Waals surface area contributed by atoms with Gasteiger partial charge in [0.1, 0.15) is 5.76 Å². The summed E-state index contributed by atoms with van der Waals surface area (Å²) in [6.07, 6.45) is 5.93. The monoisotopic (exact) mass is 465 g/mol. The number of halogens is 1. The lowest BCUT2D eigenvalue weighted by Gasteiger charge is -2.25. The van der Waals surface area contributed by atoms with Crippen molar-refractivity contribution < 1.29 is 14.7 Å². The molecule has 1 amide bonds. The minimum Gasteiger partial charge on any atom is -0.507 e. The third kappa shape index (κ3) is 3.93. The van der Waals surface area contributed by atoms with Crippen molar-refractivity contribution in [2.45, 2.75) is 19.0 Å². The zero-order chi connectivity index (χ0) is 21.1. The third-order valence-corrected chi connectivity index (χ3v) is 5.68. The molecule has 6 nitrogen and oxygen atoms in total. The topological polar surface area (TPSA) is 75.4 Å². The molecule has 1 aliphatic rings. The summed E-state index contributed by atoms with van der Waals surface area (Å²) in [6, 6.07) is 15.7. The van der Waals surface area contributed by atoms with E-state index in [4.69, 9.17) is 0 Å². The molecule has 30 heavy (non-hydrogen) atoms. The smallest absolute Gasteiger partial charge is 0.295 e. The van der Waals surface area contributed by atoms with Crippen molar-refractivity contribution in [3.8, 4) is 0 Å². The van der Waals surface area contributed by atoms with Gasteiger partial charge < -0.3 is 14.6 Å². The minimum atomic E-state index is -0.660. The van der Waals surface area contributed by atoms with Gasteiger partial charge in [-0.3, -0.25) is 9.59 Å². The molecule has 0 aliphatic carbocycles. The maximum absolute atomic E-state index is 12.9. The molecule has 1 aliphatic heterocycles. The minimum absolute atomic E-state index is 0.121. The van der Waals surface area contributed by atoms with Crippen molar-refractivity contribution in [3.05, 3.63) is 94.5 Å². The number of hydrogen-bond donors (Lipinski definition) is 1. The Morgan fingerprint density at radius 2 is 1.77 bits per heavy atom. The SMILES string of the molecule is O=C1C(=O)N(CCCn2ccnc2)[C@H](c2ccc(Br)cc2)/C1=C(\O)c1ccccc1. The molecule has 2 heterocycles. The molecule has 2 aromatic carbocycles. The Morgan fingerprint density at radius 1 is 1.03 bits per heavy atom. The lowest BCUT2D eigenvalue weighted by Crippen LogP contribution is -2.31. The molecule has 0 radical (unpaired) electrons. The Labute approximate surface area is 182 Å². The van der Waals surface area contributed by atoms with E-state index in [9.17, 15) is 14.7 Å². The van der Waals surface area contributed by atoms with Crippen molar-refractivity contribution in [2.75, 3.05) is 6.54 Å². The van der Waals surface area contributed by atoms with Gasteiger partial charge in [0.05, 0.1) is 17.9 Å². The molecule has 1 aromatic heterocycles. The Hall–Kier alpha value is -3.19. The molecule has 7 heteroatoms. The molecular weight excluding hydrogens is 446 g/mol. The van der Waals surface area contributed by atoms with Crippen LogP contribution >= 0.6 is 15.9 Å². The highest BCUT2D eigenvalue weighted by Crippen LogP contribution is 2.39. The molecule has 0 unspecified atom stereocenters. The molecule has 3 aromatic rings. The maximum atomic E-state index is 12.9. The summed E-state index contributed by atoms with van der Waals surface area (Å²) in [5, 5.41) is 10.9. The summed E-state index contributed by atoms with van der Waals surface area (Å²) < 4.78 is 2.82. The number of imidazole rings is 1. The van der Waals surface area contributed by atoms with Gasteiger partial charge in [-0.15, -0.1) is 0 Å². The van der Waals surface area contributed by atoms with Crippen LogP contribution in [0.15, 0.2) is 83.4 Å². The third-order valence-electron chi connectivity index (χ3n) is 5.15. The fourth-order valence-corrected chi connectivity index (χ4v) is 3.96. The Morgan fingerprint density at radius 3 is 2.43 bits per heavy atom. The van der Waals surface area contributed by atoms with Gasteiger partial charge in [0.25, 0.3) is 11.7 Å². The van der Waals surface area contributed by atoms with Gasteiger partial charge >= 0.3 is 0 Å². The lowest BCUT2D eigenvalue weighted by molar-refractivity contribution is -0.139. The lowest BCUT2D eigenvalue weighted by atomic mass is 9.95. The van der Waals surface area contributed by atoms with Gasteiger partial charge in [-0.05, 0) is 24.1 Å². The Kier molecular flexibility index (Phi) is 5.81. The van der Waals surface area contributed by atoms with Gasteiger partial charge in [-0.2, -0.15) is 0 Å². The molecule has 0 spiro atoms. The van der Waals surface area contributed by atoms with Crippen LogP contribution in [0.4, 0.5) is 0 Å². The van der Waals surface area contributed by atoms with Gasteiger partial charge in [-0.25, -0.2) is 4.98 Å². The van der Waals surface area contributed by atoms with Crippen molar-refractivity contribution in [1.82, 2.24) is 14.5 Å². The first-order valence-electron chi connectivity index (χ1n) is 9.61. The highest BCUT2D eigenvalue weighted by molar-refractivity contribution is 9.10. The Balaban J connectivity index is 1.72. The molecule has 152 valence electrons. The van der Waals surface area contributed by atoms with E-state index in [1.54, 1.807) is 41.7 Å².